The van der Waals surface area contributed by atoms with Crippen LogP contribution in [0.25, 0.3) is 0 Å². The smallest absolute Gasteiger partial charge is 0.410 e. The van der Waals surface area contributed by atoms with Gasteiger partial charge in [-0.25, -0.2) is 4.79 Å². The Hall–Kier alpha value is -2.04. The van der Waals surface area contributed by atoms with Crippen molar-refractivity contribution in [1.82, 2.24) is 15.1 Å². The lowest BCUT2D eigenvalue weighted by atomic mass is 10.1. The fourth-order valence-electron chi connectivity index (χ4n) is 3.50. The molecule has 30 heavy (non-hydrogen) atoms. The van der Waals surface area contributed by atoms with Crippen LogP contribution in [0, 0.1) is 0 Å². The topological polar surface area (TPSA) is 86.3 Å². The summed E-state index contributed by atoms with van der Waals surface area (Å²) in [5.74, 6) is 0.841. The van der Waals surface area contributed by atoms with Gasteiger partial charge in [0.05, 0.1) is 12.6 Å². The number of benzene rings is 1. The molecule has 2 aliphatic heterocycles. The summed E-state index contributed by atoms with van der Waals surface area (Å²) in [6.07, 6.45) is 0.614. The molecule has 2 N–H and O–H groups in total. The zero-order valence-electron chi connectivity index (χ0n) is 18.1. The molecule has 2 aliphatic rings. The summed E-state index contributed by atoms with van der Waals surface area (Å²) in [4.78, 5) is 32.0. The van der Waals surface area contributed by atoms with Crippen molar-refractivity contribution in [1.29, 1.82) is 0 Å². The largest absolute Gasteiger partial charge is 0.444 e. The van der Waals surface area contributed by atoms with Crippen LogP contribution in [0.3, 0.4) is 0 Å². The van der Waals surface area contributed by atoms with E-state index in [9.17, 15) is 9.59 Å². The average molecular weight is 529 g/mol. The fraction of sp³-hybridized carbons (Fsp3) is 0.571. The van der Waals surface area contributed by atoms with Crippen molar-refractivity contribution in [3.63, 3.8) is 0 Å². The molecule has 0 aliphatic carbocycles. The van der Waals surface area contributed by atoms with Gasteiger partial charge in [0, 0.05) is 38.8 Å². The number of carbonyl (C=O) groups is 2. The van der Waals surface area contributed by atoms with Gasteiger partial charge in [0.25, 0.3) is 0 Å². The number of ether oxygens (including phenoxy) is 1. The zero-order valence-corrected chi connectivity index (χ0v) is 20.4. The number of rotatable bonds is 4. The Balaban J connectivity index is 0.00000320. The van der Waals surface area contributed by atoms with E-state index in [4.69, 9.17) is 4.74 Å². The van der Waals surface area contributed by atoms with Crippen LogP contribution in [0.1, 0.15) is 33.3 Å². The van der Waals surface area contributed by atoms with Crippen LogP contribution < -0.4 is 10.6 Å². The number of guanidine groups is 1. The maximum absolute atomic E-state index is 12.3. The molecule has 9 heteroatoms. The van der Waals surface area contributed by atoms with Gasteiger partial charge >= 0.3 is 6.09 Å². The number of amides is 2. The summed E-state index contributed by atoms with van der Waals surface area (Å²) >= 11 is 0. The standard InChI is InChI=1S/C21H31N5O3.HI/c1-15(27)24-17-7-5-16(6-8-17)9-10-22-19-23-13-18-14-25(11-12-26(18)19)20(28)29-21(2,3)4;/h5-8,18H,9-14H2,1-4H3,(H,22,23)(H,24,27);1H. The van der Waals surface area contributed by atoms with Gasteiger partial charge in [0.2, 0.25) is 5.91 Å². The lowest BCUT2D eigenvalue weighted by Gasteiger charge is -2.39. The van der Waals surface area contributed by atoms with Crippen molar-refractivity contribution >= 4 is 47.6 Å². The van der Waals surface area contributed by atoms with Crippen molar-refractivity contribution in [2.75, 3.05) is 38.0 Å². The van der Waals surface area contributed by atoms with Crippen LogP contribution in [0.2, 0.25) is 0 Å². The Bertz CT molecular complexity index is 776. The molecule has 0 spiro atoms. The minimum Gasteiger partial charge on any atom is -0.444 e. The van der Waals surface area contributed by atoms with Crippen molar-refractivity contribution in [3.8, 4) is 0 Å². The molecule has 0 radical (unpaired) electrons. The molecule has 2 amide bonds. The highest BCUT2D eigenvalue weighted by Crippen LogP contribution is 2.18. The van der Waals surface area contributed by atoms with E-state index in [0.717, 1.165) is 31.2 Å². The molecule has 0 saturated carbocycles. The lowest BCUT2D eigenvalue weighted by molar-refractivity contribution is -0.114. The average Bonchev–Trinajstić information content (AvgIpc) is 3.04. The highest BCUT2D eigenvalue weighted by Gasteiger charge is 2.36. The maximum atomic E-state index is 12.3. The minimum absolute atomic E-state index is 0. The number of nitrogens with zero attached hydrogens (tertiary/aromatic N) is 3. The predicted octanol–water partition coefficient (Wildman–Crippen LogP) is 2.69. The Morgan fingerprint density at radius 2 is 1.90 bits per heavy atom. The maximum Gasteiger partial charge on any atom is 0.410 e. The molecule has 1 aromatic carbocycles. The molecule has 8 nitrogen and oxygen atoms in total. The van der Waals surface area contributed by atoms with Crippen LogP contribution in [0.4, 0.5) is 10.5 Å². The number of hydrogen-bond donors (Lipinski definition) is 2. The van der Waals surface area contributed by atoms with Crippen molar-refractivity contribution < 1.29 is 14.3 Å². The van der Waals surface area contributed by atoms with E-state index >= 15 is 0 Å². The number of hydrogen-bond acceptors (Lipinski definition) is 6. The van der Waals surface area contributed by atoms with Gasteiger partial charge < -0.3 is 25.2 Å². The Labute approximate surface area is 195 Å². The van der Waals surface area contributed by atoms with E-state index in [1.165, 1.54) is 12.5 Å². The first-order valence-electron chi connectivity index (χ1n) is 10.1. The first-order valence-corrected chi connectivity index (χ1v) is 10.1. The summed E-state index contributed by atoms with van der Waals surface area (Å²) in [7, 11) is 0. The number of carbonyl (C=O) groups excluding carboxylic acids is 2. The van der Waals surface area contributed by atoms with E-state index in [1.807, 2.05) is 45.0 Å². The third kappa shape index (κ3) is 6.75. The summed E-state index contributed by atoms with van der Waals surface area (Å²) in [6, 6.07) is 8.07. The molecule has 1 fully saturated rings. The van der Waals surface area contributed by atoms with Gasteiger partial charge in [-0.1, -0.05) is 12.1 Å². The number of aliphatic imine (C=N–C) groups is 1. The molecule has 1 unspecified atom stereocenters. The van der Waals surface area contributed by atoms with Crippen LogP contribution in [-0.4, -0.2) is 72.1 Å². The quantitative estimate of drug-likeness (QED) is 0.586. The van der Waals surface area contributed by atoms with Crippen molar-refractivity contribution in [3.05, 3.63) is 29.8 Å². The summed E-state index contributed by atoms with van der Waals surface area (Å²) in [5.41, 5.74) is 1.52. The summed E-state index contributed by atoms with van der Waals surface area (Å²) in [5, 5.41) is 6.20. The van der Waals surface area contributed by atoms with Crippen LogP contribution in [-0.2, 0) is 16.0 Å². The Morgan fingerprint density at radius 3 is 2.53 bits per heavy atom. The van der Waals surface area contributed by atoms with Gasteiger partial charge in [0.15, 0.2) is 5.96 Å². The van der Waals surface area contributed by atoms with Gasteiger partial charge in [0.1, 0.15) is 5.60 Å². The van der Waals surface area contributed by atoms with E-state index < -0.39 is 5.60 Å². The molecule has 1 aromatic rings. The van der Waals surface area contributed by atoms with Gasteiger partial charge in [-0.15, -0.1) is 24.0 Å². The molecule has 166 valence electrons. The Kier molecular flexibility index (Phi) is 8.34. The monoisotopic (exact) mass is 529 g/mol. The highest BCUT2D eigenvalue weighted by molar-refractivity contribution is 14.0. The molecule has 0 bridgehead atoms. The molecule has 1 atom stereocenters. The minimum atomic E-state index is -0.479. The second-order valence-electron chi connectivity index (χ2n) is 8.49. The zero-order chi connectivity index (χ0) is 21.0. The molecule has 2 heterocycles. The van der Waals surface area contributed by atoms with Crippen LogP contribution in [0.15, 0.2) is 29.3 Å². The van der Waals surface area contributed by atoms with Gasteiger partial charge in [-0.2, -0.15) is 0 Å². The van der Waals surface area contributed by atoms with E-state index in [2.05, 4.69) is 20.5 Å². The second-order valence-corrected chi connectivity index (χ2v) is 8.49. The molecule has 3 rings (SSSR count). The van der Waals surface area contributed by atoms with Crippen LogP contribution in [0.5, 0.6) is 0 Å². The Morgan fingerprint density at radius 1 is 1.20 bits per heavy atom. The number of halogens is 1. The van der Waals surface area contributed by atoms with Crippen molar-refractivity contribution in [2.45, 2.75) is 45.8 Å². The van der Waals surface area contributed by atoms with Gasteiger partial charge in [-0.3, -0.25) is 9.79 Å². The number of anilines is 1. The fourth-order valence-corrected chi connectivity index (χ4v) is 3.50. The SMILES string of the molecule is CC(=O)Nc1ccc(CCNC2=NCC3CN(C(=O)OC(C)(C)C)CCN23)cc1.I. The normalized spacial score (nSPS) is 18.1. The van der Waals surface area contributed by atoms with Crippen LogP contribution >= 0.6 is 24.0 Å². The molecular weight excluding hydrogens is 497 g/mol. The predicted molar refractivity (Wildman–Crippen MR) is 128 cm³/mol. The lowest BCUT2D eigenvalue weighted by Crippen LogP contribution is -2.57. The molecule has 0 aromatic heterocycles. The third-order valence-electron chi connectivity index (χ3n) is 4.83. The number of nitrogens with one attached hydrogen (secondary N) is 2. The van der Waals surface area contributed by atoms with E-state index in [1.54, 1.807) is 4.90 Å². The summed E-state index contributed by atoms with van der Waals surface area (Å²) in [6.45, 7) is 10.6. The van der Waals surface area contributed by atoms with E-state index in [-0.39, 0.29) is 42.0 Å². The second kappa shape index (κ2) is 10.3. The first kappa shape index (κ1) is 24.2. The third-order valence-corrected chi connectivity index (χ3v) is 4.83. The highest BCUT2D eigenvalue weighted by atomic mass is 127. The van der Waals surface area contributed by atoms with Crippen molar-refractivity contribution in [2.24, 2.45) is 4.99 Å². The van der Waals surface area contributed by atoms with Gasteiger partial charge in [-0.05, 0) is 44.9 Å². The summed E-state index contributed by atoms with van der Waals surface area (Å²) < 4.78 is 5.49. The number of fused-ring (bicyclic) bond motifs is 1. The molecular formula is C21H32IN5O3. The molecule has 1 saturated heterocycles. The first-order chi connectivity index (χ1) is 13.7. The van der Waals surface area contributed by atoms with E-state index in [0.29, 0.717) is 19.6 Å². The number of piperazine rings is 1.